The van der Waals surface area contributed by atoms with Crippen LogP contribution in [0.15, 0.2) is 24.8 Å². The van der Waals surface area contributed by atoms with Crippen LogP contribution >= 0.6 is 11.3 Å². The van der Waals surface area contributed by atoms with Crippen LogP contribution in [-0.4, -0.2) is 4.98 Å². The molecule has 0 aromatic carbocycles. The minimum atomic E-state index is 1.01. The Labute approximate surface area is 82.5 Å². The summed E-state index contributed by atoms with van der Waals surface area (Å²) in [7, 11) is 0. The van der Waals surface area contributed by atoms with Crippen molar-refractivity contribution in [2.24, 2.45) is 0 Å². The molecule has 13 heavy (non-hydrogen) atoms. The lowest BCUT2D eigenvalue weighted by Crippen LogP contribution is -2.19. The van der Waals surface area contributed by atoms with Gasteiger partial charge in [0.05, 0.1) is 14.9 Å². The van der Waals surface area contributed by atoms with Crippen molar-refractivity contribution in [2.75, 3.05) is 0 Å². The number of rotatable bonds is 2. The van der Waals surface area contributed by atoms with Gasteiger partial charge >= 0.3 is 0 Å². The van der Waals surface area contributed by atoms with Gasteiger partial charge in [-0.15, -0.1) is 11.3 Å². The smallest absolute Gasteiger partial charge is 0.0907 e. The van der Waals surface area contributed by atoms with Crippen LogP contribution < -0.4 is 9.88 Å². The van der Waals surface area contributed by atoms with Crippen molar-refractivity contribution in [3.05, 3.63) is 39.7 Å². The van der Waals surface area contributed by atoms with E-state index in [0.717, 1.165) is 10.4 Å². The number of nitrogens with zero attached hydrogens (tertiary/aromatic N) is 1. The molecule has 68 valence electrons. The molecule has 0 aliphatic carbocycles. The predicted octanol–water partition coefficient (Wildman–Crippen LogP) is 1.77. The normalized spacial score (nSPS) is 14.3. The summed E-state index contributed by atoms with van der Waals surface area (Å²) in [5, 5.41) is 2.10. The zero-order chi connectivity index (χ0) is 9.68. The number of aromatic nitrogens is 1. The third kappa shape index (κ3) is 2.67. The van der Waals surface area contributed by atoms with Gasteiger partial charge in [0.1, 0.15) is 0 Å². The Morgan fingerprint density at radius 1 is 1.38 bits per heavy atom. The first kappa shape index (κ1) is 9.93. The molecular formula is C11H13NS. The SMILES string of the molecule is C=C/C=c1/nc(C)s/c1=C/C=C\C. The lowest BCUT2D eigenvalue weighted by Gasteiger charge is -1.73. The highest BCUT2D eigenvalue weighted by molar-refractivity contribution is 7.09. The second-order valence-corrected chi connectivity index (χ2v) is 3.81. The van der Waals surface area contributed by atoms with Gasteiger partial charge in [0.2, 0.25) is 0 Å². The summed E-state index contributed by atoms with van der Waals surface area (Å²) < 4.78 is 1.19. The predicted molar refractivity (Wildman–Crippen MR) is 60.0 cm³/mol. The Morgan fingerprint density at radius 3 is 2.77 bits per heavy atom. The van der Waals surface area contributed by atoms with E-state index in [-0.39, 0.29) is 0 Å². The standard InChI is InChI=1S/C11H13NS/c1-4-6-8-11-10(7-5-2)12-9(3)13-11/h4-8H,2H2,1,3H3/b6-4-,10-7+,11-8+. The van der Waals surface area contributed by atoms with Crippen molar-refractivity contribution < 1.29 is 0 Å². The van der Waals surface area contributed by atoms with E-state index in [2.05, 4.69) is 17.6 Å². The molecule has 1 aromatic heterocycles. The molecule has 0 bridgehead atoms. The van der Waals surface area contributed by atoms with Crippen LogP contribution in [0.25, 0.3) is 12.2 Å². The molecule has 0 N–H and O–H groups in total. The lowest BCUT2D eigenvalue weighted by atomic mass is 10.4. The number of hydrogen-bond donors (Lipinski definition) is 0. The van der Waals surface area contributed by atoms with Crippen LogP contribution in [0.5, 0.6) is 0 Å². The molecule has 0 saturated carbocycles. The maximum absolute atomic E-state index is 4.38. The second kappa shape index (κ2) is 4.77. The monoisotopic (exact) mass is 191 g/mol. The van der Waals surface area contributed by atoms with E-state index in [9.17, 15) is 0 Å². The first-order valence-electron chi connectivity index (χ1n) is 4.17. The lowest BCUT2D eigenvalue weighted by molar-refractivity contribution is 1.23. The van der Waals surface area contributed by atoms with E-state index in [1.54, 1.807) is 17.4 Å². The average molecular weight is 191 g/mol. The number of aryl methyl sites for hydroxylation is 1. The quantitative estimate of drug-likeness (QED) is 0.694. The first-order chi connectivity index (χ1) is 6.27. The molecular weight excluding hydrogens is 178 g/mol. The Hall–Kier alpha value is -1.15. The third-order valence-electron chi connectivity index (χ3n) is 1.50. The first-order valence-corrected chi connectivity index (χ1v) is 4.98. The van der Waals surface area contributed by atoms with Crippen molar-refractivity contribution in [1.29, 1.82) is 0 Å². The Kier molecular flexibility index (Phi) is 3.65. The van der Waals surface area contributed by atoms with Gasteiger partial charge in [0.15, 0.2) is 0 Å². The molecule has 1 heterocycles. The highest BCUT2D eigenvalue weighted by Crippen LogP contribution is 1.90. The van der Waals surface area contributed by atoms with Crippen LogP contribution in [0.1, 0.15) is 11.9 Å². The largest absolute Gasteiger partial charge is 0.242 e. The Morgan fingerprint density at radius 2 is 2.15 bits per heavy atom. The van der Waals surface area contributed by atoms with Crippen molar-refractivity contribution in [3.8, 4) is 0 Å². The van der Waals surface area contributed by atoms with E-state index in [0.29, 0.717) is 0 Å². The Bertz CT molecular complexity index is 423. The van der Waals surface area contributed by atoms with Gasteiger partial charge in [-0.25, -0.2) is 4.98 Å². The maximum Gasteiger partial charge on any atom is 0.0907 e. The fourth-order valence-electron chi connectivity index (χ4n) is 0.993. The molecule has 1 nitrogen and oxygen atoms in total. The Balaban J connectivity index is 3.35. The summed E-state index contributed by atoms with van der Waals surface area (Å²) in [5.41, 5.74) is 0. The third-order valence-corrected chi connectivity index (χ3v) is 2.46. The highest BCUT2D eigenvalue weighted by Gasteiger charge is 1.91. The molecule has 0 fully saturated rings. The van der Waals surface area contributed by atoms with Crippen LogP contribution in [-0.2, 0) is 0 Å². The van der Waals surface area contributed by atoms with Gasteiger partial charge in [0.25, 0.3) is 0 Å². The fraction of sp³-hybridized carbons (Fsp3) is 0.182. The average Bonchev–Trinajstić information content (AvgIpc) is 2.44. The molecule has 0 spiro atoms. The fourth-order valence-corrected chi connectivity index (χ4v) is 1.82. The molecule has 1 aromatic rings. The zero-order valence-electron chi connectivity index (χ0n) is 7.95. The van der Waals surface area contributed by atoms with Gasteiger partial charge in [-0.05, 0) is 26.0 Å². The minimum Gasteiger partial charge on any atom is -0.242 e. The van der Waals surface area contributed by atoms with Gasteiger partial charge in [-0.1, -0.05) is 24.8 Å². The molecule has 0 saturated heterocycles. The number of thiazole rings is 1. The van der Waals surface area contributed by atoms with Crippen molar-refractivity contribution >= 4 is 23.5 Å². The molecule has 1 rings (SSSR count). The molecule has 0 unspecified atom stereocenters. The van der Waals surface area contributed by atoms with E-state index in [1.807, 2.05) is 32.1 Å². The van der Waals surface area contributed by atoms with Gasteiger partial charge < -0.3 is 0 Å². The summed E-state index contributed by atoms with van der Waals surface area (Å²) in [6.45, 7) is 7.68. The summed E-state index contributed by atoms with van der Waals surface area (Å²) in [6, 6.07) is 0. The molecule has 0 atom stereocenters. The summed E-state index contributed by atoms with van der Waals surface area (Å²) >= 11 is 1.70. The van der Waals surface area contributed by atoms with Gasteiger partial charge in [0, 0.05) is 0 Å². The molecule has 0 amide bonds. The summed E-state index contributed by atoms with van der Waals surface area (Å²) in [4.78, 5) is 4.38. The maximum atomic E-state index is 4.38. The van der Waals surface area contributed by atoms with E-state index < -0.39 is 0 Å². The van der Waals surface area contributed by atoms with E-state index in [1.165, 1.54) is 4.53 Å². The van der Waals surface area contributed by atoms with Crippen LogP contribution in [0, 0.1) is 6.92 Å². The highest BCUT2D eigenvalue weighted by atomic mass is 32.1. The van der Waals surface area contributed by atoms with E-state index >= 15 is 0 Å². The molecule has 0 radical (unpaired) electrons. The molecule has 2 heteroatoms. The molecule has 0 aliphatic heterocycles. The minimum absolute atomic E-state index is 1.01. The van der Waals surface area contributed by atoms with E-state index in [4.69, 9.17) is 0 Å². The molecule has 0 aliphatic rings. The van der Waals surface area contributed by atoms with Gasteiger partial charge in [-0.3, -0.25) is 0 Å². The van der Waals surface area contributed by atoms with Crippen molar-refractivity contribution in [3.63, 3.8) is 0 Å². The zero-order valence-corrected chi connectivity index (χ0v) is 8.77. The van der Waals surface area contributed by atoms with Crippen LogP contribution in [0.2, 0.25) is 0 Å². The number of allylic oxidation sites excluding steroid dienone is 3. The summed E-state index contributed by atoms with van der Waals surface area (Å²) in [6.07, 6.45) is 9.79. The van der Waals surface area contributed by atoms with Crippen molar-refractivity contribution in [2.45, 2.75) is 13.8 Å². The van der Waals surface area contributed by atoms with Crippen LogP contribution in [0.3, 0.4) is 0 Å². The number of hydrogen-bond acceptors (Lipinski definition) is 2. The van der Waals surface area contributed by atoms with Crippen LogP contribution in [0.4, 0.5) is 0 Å². The van der Waals surface area contributed by atoms with Crippen molar-refractivity contribution in [1.82, 2.24) is 4.98 Å². The van der Waals surface area contributed by atoms with Gasteiger partial charge in [-0.2, -0.15) is 0 Å². The second-order valence-electron chi connectivity index (χ2n) is 2.58. The topological polar surface area (TPSA) is 12.9 Å². The summed E-state index contributed by atoms with van der Waals surface area (Å²) in [5.74, 6) is 0.